The molecule has 1 fully saturated rings. The molecule has 1 aromatic rings. The highest BCUT2D eigenvalue weighted by atomic mass is 15.3. The number of nitrogens with zero attached hydrogens (tertiary/aromatic N) is 2. The fraction of sp³-hybridized carbons (Fsp3) is 0.647. The monoisotopic (exact) mass is 301 g/mol. The van der Waals surface area contributed by atoms with Gasteiger partial charge in [-0.05, 0) is 24.3 Å². The summed E-state index contributed by atoms with van der Waals surface area (Å²) in [6, 6.07) is 0. The Hall–Kier alpha value is -1.62. The molecule has 0 amide bonds. The molecule has 5 heteroatoms. The van der Waals surface area contributed by atoms with Gasteiger partial charge in [0, 0.05) is 17.8 Å². The van der Waals surface area contributed by atoms with Crippen molar-refractivity contribution in [3.63, 3.8) is 0 Å². The van der Waals surface area contributed by atoms with E-state index in [4.69, 9.17) is 11.5 Å². The Labute approximate surface area is 132 Å². The molecule has 0 spiro atoms. The number of anilines is 2. The van der Waals surface area contributed by atoms with Gasteiger partial charge in [-0.1, -0.05) is 40.0 Å². The first-order chi connectivity index (χ1) is 10.3. The van der Waals surface area contributed by atoms with Gasteiger partial charge in [-0.15, -0.1) is 0 Å². The summed E-state index contributed by atoms with van der Waals surface area (Å²) < 4.78 is 0. The molecule has 22 heavy (non-hydrogen) atoms. The van der Waals surface area contributed by atoms with Crippen LogP contribution < -0.4 is 16.8 Å². The smallest absolute Gasteiger partial charge is 0.187 e. The van der Waals surface area contributed by atoms with E-state index in [1.165, 1.54) is 37.7 Å². The van der Waals surface area contributed by atoms with Crippen molar-refractivity contribution in [2.24, 2.45) is 16.1 Å². The molecule has 0 aromatic carbocycles. The number of rotatable bonds is 1. The molecule has 0 bridgehead atoms. The Kier molecular flexibility index (Phi) is 3.63. The molecule has 0 saturated heterocycles. The van der Waals surface area contributed by atoms with E-state index in [2.05, 4.69) is 36.1 Å². The summed E-state index contributed by atoms with van der Waals surface area (Å²) in [4.78, 5) is 8.93. The summed E-state index contributed by atoms with van der Waals surface area (Å²) in [5, 5.41) is 3.48. The molecule has 0 radical (unpaired) electrons. The number of fused-ring (bicyclic) bond motifs is 1. The number of hydrogen-bond donors (Lipinski definition) is 3. The number of aromatic nitrogens is 1. The second kappa shape index (κ2) is 5.23. The van der Waals surface area contributed by atoms with Gasteiger partial charge in [0.1, 0.15) is 5.82 Å². The summed E-state index contributed by atoms with van der Waals surface area (Å²) in [5.41, 5.74) is 15.5. The first-order valence-corrected chi connectivity index (χ1v) is 8.22. The van der Waals surface area contributed by atoms with Crippen LogP contribution in [0.15, 0.2) is 11.2 Å². The van der Waals surface area contributed by atoms with Crippen LogP contribution in [-0.4, -0.2) is 17.0 Å². The molecule has 1 aromatic heterocycles. The maximum Gasteiger partial charge on any atom is 0.187 e. The fourth-order valence-corrected chi connectivity index (χ4v) is 3.32. The molecule has 2 aliphatic rings. The Morgan fingerprint density at radius 1 is 1.23 bits per heavy atom. The SMILES string of the molecule is CC(C)(C)C1(N)N=Cc2c(N)ncc(C3CCCCC3)c2N1. The lowest BCUT2D eigenvalue weighted by Gasteiger charge is -2.42. The van der Waals surface area contributed by atoms with Crippen LogP contribution in [0.5, 0.6) is 0 Å². The van der Waals surface area contributed by atoms with E-state index in [1.807, 2.05) is 6.20 Å². The summed E-state index contributed by atoms with van der Waals surface area (Å²) in [7, 11) is 0. The Bertz CT molecular complexity index is 596. The summed E-state index contributed by atoms with van der Waals surface area (Å²) in [5.74, 6) is 0.234. The lowest BCUT2D eigenvalue weighted by Crippen LogP contribution is -2.57. The van der Waals surface area contributed by atoms with Gasteiger partial charge < -0.3 is 11.1 Å². The molecule has 1 saturated carbocycles. The van der Waals surface area contributed by atoms with Crippen LogP contribution >= 0.6 is 0 Å². The number of hydrogen-bond acceptors (Lipinski definition) is 5. The first kappa shape index (κ1) is 15.3. The second-order valence-electron chi connectivity index (χ2n) is 7.62. The van der Waals surface area contributed by atoms with Gasteiger partial charge in [-0.25, -0.2) is 9.98 Å². The normalized spacial score (nSPS) is 25.6. The molecule has 1 aliphatic carbocycles. The minimum absolute atomic E-state index is 0.205. The molecule has 1 aliphatic heterocycles. The highest BCUT2D eigenvalue weighted by Crippen LogP contribution is 2.42. The number of aliphatic imine (C=N–C) groups is 1. The first-order valence-electron chi connectivity index (χ1n) is 8.22. The molecule has 3 rings (SSSR count). The third-order valence-electron chi connectivity index (χ3n) is 5.08. The van der Waals surface area contributed by atoms with E-state index in [9.17, 15) is 0 Å². The summed E-state index contributed by atoms with van der Waals surface area (Å²) in [6.07, 6.45) is 10.0. The predicted octanol–water partition coefficient (Wildman–Crippen LogP) is 3.21. The highest BCUT2D eigenvalue weighted by molar-refractivity contribution is 5.96. The molecule has 5 nitrogen and oxygen atoms in total. The summed E-state index contributed by atoms with van der Waals surface area (Å²) in [6.45, 7) is 6.27. The van der Waals surface area contributed by atoms with E-state index in [0.29, 0.717) is 11.7 Å². The zero-order chi connectivity index (χ0) is 16.0. The van der Waals surface area contributed by atoms with E-state index >= 15 is 0 Å². The summed E-state index contributed by atoms with van der Waals surface area (Å²) >= 11 is 0. The van der Waals surface area contributed by atoms with Gasteiger partial charge in [0.2, 0.25) is 0 Å². The van der Waals surface area contributed by atoms with Crippen molar-refractivity contribution in [1.29, 1.82) is 0 Å². The number of nitrogens with one attached hydrogen (secondary N) is 1. The van der Waals surface area contributed by atoms with Crippen molar-refractivity contribution in [1.82, 2.24) is 4.98 Å². The largest absolute Gasteiger partial charge is 0.383 e. The average Bonchev–Trinajstić information content (AvgIpc) is 2.47. The second-order valence-corrected chi connectivity index (χ2v) is 7.62. The minimum Gasteiger partial charge on any atom is -0.383 e. The van der Waals surface area contributed by atoms with Crippen molar-refractivity contribution in [2.45, 2.75) is 64.6 Å². The zero-order valence-electron chi connectivity index (χ0n) is 13.8. The van der Waals surface area contributed by atoms with Crippen molar-refractivity contribution in [2.75, 3.05) is 11.1 Å². The van der Waals surface area contributed by atoms with E-state index in [0.717, 1.165) is 11.3 Å². The average molecular weight is 301 g/mol. The van der Waals surface area contributed by atoms with Crippen LogP contribution in [0.25, 0.3) is 0 Å². The molecule has 120 valence electrons. The van der Waals surface area contributed by atoms with E-state index in [1.54, 1.807) is 6.21 Å². The molecular formula is C17H27N5. The lowest BCUT2D eigenvalue weighted by atomic mass is 9.81. The third kappa shape index (κ3) is 2.47. The van der Waals surface area contributed by atoms with E-state index < -0.39 is 5.79 Å². The van der Waals surface area contributed by atoms with Crippen molar-refractivity contribution < 1.29 is 0 Å². The maximum atomic E-state index is 6.53. The number of nitrogens with two attached hydrogens (primary N) is 2. The lowest BCUT2D eigenvalue weighted by molar-refractivity contribution is 0.228. The van der Waals surface area contributed by atoms with Crippen LogP contribution in [0.1, 0.15) is 69.9 Å². The van der Waals surface area contributed by atoms with Gasteiger partial charge in [0.15, 0.2) is 5.79 Å². The van der Waals surface area contributed by atoms with Crippen molar-refractivity contribution in [3.05, 3.63) is 17.3 Å². The van der Waals surface area contributed by atoms with Gasteiger partial charge in [-0.2, -0.15) is 0 Å². The maximum absolute atomic E-state index is 6.53. The standard InChI is InChI=1S/C17H27N5/c1-16(2,3)17(19)21-10-13-14(22-17)12(9-20-15(13)18)11-7-5-4-6-8-11/h9-11,22H,4-8,19H2,1-3H3,(H2,18,20). The van der Waals surface area contributed by atoms with Gasteiger partial charge >= 0.3 is 0 Å². The van der Waals surface area contributed by atoms with E-state index in [-0.39, 0.29) is 5.41 Å². The van der Waals surface area contributed by atoms with Crippen LogP contribution in [0.2, 0.25) is 0 Å². The fourth-order valence-electron chi connectivity index (χ4n) is 3.32. The topological polar surface area (TPSA) is 89.3 Å². The van der Waals surface area contributed by atoms with Crippen LogP contribution in [-0.2, 0) is 0 Å². The van der Waals surface area contributed by atoms with Gasteiger partial charge in [0.25, 0.3) is 0 Å². The third-order valence-corrected chi connectivity index (χ3v) is 5.08. The van der Waals surface area contributed by atoms with Crippen LogP contribution in [0.4, 0.5) is 11.5 Å². The Morgan fingerprint density at radius 2 is 1.91 bits per heavy atom. The Balaban J connectivity index is 2.05. The van der Waals surface area contributed by atoms with Crippen LogP contribution in [0, 0.1) is 5.41 Å². The Morgan fingerprint density at radius 3 is 2.55 bits per heavy atom. The minimum atomic E-state index is -0.822. The van der Waals surface area contributed by atoms with Gasteiger partial charge in [-0.3, -0.25) is 5.73 Å². The van der Waals surface area contributed by atoms with Gasteiger partial charge in [0.05, 0.1) is 11.3 Å². The molecular weight excluding hydrogens is 274 g/mol. The molecule has 1 atom stereocenters. The number of pyridine rings is 1. The quantitative estimate of drug-likeness (QED) is 0.743. The zero-order valence-corrected chi connectivity index (χ0v) is 13.8. The molecule has 5 N–H and O–H groups in total. The molecule has 2 heterocycles. The van der Waals surface area contributed by atoms with Crippen molar-refractivity contribution >= 4 is 17.7 Å². The molecule has 1 unspecified atom stereocenters. The predicted molar refractivity (Wildman–Crippen MR) is 92.1 cm³/mol. The van der Waals surface area contributed by atoms with Crippen molar-refractivity contribution in [3.8, 4) is 0 Å². The number of nitrogen functional groups attached to an aromatic ring is 1. The van der Waals surface area contributed by atoms with Crippen LogP contribution in [0.3, 0.4) is 0 Å². The highest BCUT2D eigenvalue weighted by Gasteiger charge is 2.41.